The van der Waals surface area contributed by atoms with E-state index in [-0.39, 0.29) is 5.65 Å². The summed E-state index contributed by atoms with van der Waals surface area (Å²) in [6, 6.07) is 15.5. The van der Waals surface area contributed by atoms with Gasteiger partial charge >= 0.3 is 6.18 Å². The zero-order valence-electron chi connectivity index (χ0n) is 13.2. The molecule has 5 nitrogen and oxygen atoms in total. The number of hydrogen-bond acceptors (Lipinski definition) is 4. The van der Waals surface area contributed by atoms with Crippen molar-refractivity contribution in [3.63, 3.8) is 0 Å². The molecule has 0 aliphatic heterocycles. The molecule has 0 radical (unpaired) electrons. The highest BCUT2D eigenvalue weighted by Gasteiger charge is 2.36. The minimum Gasteiger partial charge on any atom is -0.439 e. The molecule has 3 heterocycles. The van der Waals surface area contributed by atoms with Crippen molar-refractivity contribution in [1.29, 1.82) is 0 Å². The molecule has 8 heteroatoms. The Morgan fingerprint density at radius 3 is 2.31 bits per heavy atom. The molecule has 0 unspecified atom stereocenters. The number of halogens is 3. The monoisotopic (exact) mass is 356 g/mol. The second kappa shape index (κ2) is 6.14. The fourth-order valence-corrected chi connectivity index (χ4v) is 2.50. The zero-order chi connectivity index (χ0) is 18.1. The highest BCUT2D eigenvalue weighted by molar-refractivity contribution is 5.65. The van der Waals surface area contributed by atoms with Crippen LogP contribution in [0.25, 0.3) is 16.8 Å². The Hall–Kier alpha value is -3.42. The zero-order valence-corrected chi connectivity index (χ0v) is 13.2. The van der Waals surface area contributed by atoms with Crippen LogP contribution in [0.1, 0.15) is 5.82 Å². The third kappa shape index (κ3) is 3.08. The van der Waals surface area contributed by atoms with Gasteiger partial charge in [0.1, 0.15) is 5.75 Å². The van der Waals surface area contributed by atoms with Crippen molar-refractivity contribution in [3.8, 4) is 22.8 Å². The molecule has 0 N–H and O–H groups in total. The van der Waals surface area contributed by atoms with E-state index in [0.29, 0.717) is 17.2 Å². The summed E-state index contributed by atoms with van der Waals surface area (Å²) in [5.41, 5.74) is 1.48. The maximum absolute atomic E-state index is 13.0. The molecular weight excluding hydrogens is 345 g/mol. The van der Waals surface area contributed by atoms with Crippen LogP contribution in [0.2, 0.25) is 0 Å². The van der Waals surface area contributed by atoms with E-state index in [0.717, 1.165) is 9.96 Å². The van der Waals surface area contributed by atoms with Crippen molar-refractivity contribution in [1.82, 2.24) is 19.6 Å². The fraction of sp³-hybridized carbons (Fsp3) is 0.0556. The largest absolute Gasteiger partial charge is 0.452 e. The number of hydrogen-bond donors (Lipinski definition) is 0. The van der Waals surface area contributed by atoms with Crippen LogP contribution in [-0.2, 0) is 6.18 Å². The number of aromatic nitrogens is 4. The third-order valence-corrected chi connectivity index (χ3v) is 3.70. The van der Waals surface area contributed by atoms with Crippen LogP contribution >= 0.6 is 0 Å². The van der Waals surface area contributed by atoms with Crippen LogP contribution in [0, 0.1) is 0 Å². The number of fused-ring (bicyclic) bond motifs is 1. The smallest absolute Gasteiger partial charge is 0.439 e. The van der Waals surface area contributed by atoms with Gasteiger partial charge in [-0.2, -0.15) is 13.2 Å². The molecule has 0 amide bonds. The molecule has 0 aliphatic rings. The number of ether oxygens (including phenoxy) is 1. The van der Waals surface area contributed by atoms with Gasteiger partial charge in [0.15, 0.2) is 5.65 Å². The third-order valence-electron chi connectivity index (χ3n) is 3.70. The maximum atomic E-state index is 13.0. The molecule has 0 fully saturated rings. The quantitative estimate of drug-likeness (QED) is 0.538. The predicted octanol–water partition coefficient (Wildman–Crippen LogP) is 4.60. The lowest BCUT2D eigenvalue weighted by Gasteiger charge is -2.08. The molecule has 0 aliphatic carbocycles. The number of rotatable bonds is 3. The van der Waals surface area contributed by atoms with Gasteiger partial charge < -0.3 is 4.74 Å². The Balaban J connectivity index is 1.65. The van der Waals surface area contributed by atoms with Crippen molar-refractivity contribution in [2.45, 2.75) is 6.18 Å². The summed E-state index contributed by atoms with van der Waals surface area (Å²) in [4.78, 5) is 4.07. The number of alkyl halides is 3. The lowest BCUT2D eigenvalue weighted by atomic mass is 10.1. The van der Waals surface area contributed by atoms with E-state index in [9.17, 15) is 13.2 Å². The number of nitrogens with zero attached hydrogens (tertiary/aromatic N) is 4. The van der Waals surface area contributed by atoms with Gasteiger partial charge in [0, 0.05) is 18.5 Å². The minimum absolute atomic E-state index is 0.135. The van der Waals surface area contributed by atoms with E-state index >= 15 is 0 Å². The number of pyridine rings is 2. The maximum Gasteiger partial charge on any atom is 0.452 e. The molecule has 0 atom stereocenters. The van der Waals surface area contributed by atoms with Gasteiger partial charge in [-0.05, 0) is 41.5 Å². The average Bonchev–Trinajstić information content (AvgIpc) is 3.07. The van der Waals surface area contributed by atoms with Crippen molar-refractivity contribution >= 4 is 5.65 Å². The Morgan fingerprint density at radius 2 is 1.62 bits per heavy atom. The SMILES string of the molecule is FC(F)(F)c1nnc2ccc(-c3ccc(Oc4ccccn4)cc3)cn12. The minimum atomic E-state index is -4.57. The van der Waals surface area contributed by atoms with Gasteiger partial charge in [-0.25, -0.2) is 4.98 Å². The number of benzene rings is 1. The van der Waals surface area contributed by atoms with Crippen molar-refractivity contribution in [3.05, 3.63) is 72.8 Å². The first kappa shape index (κ1) is 16.1. The summed E-state index contributed by atoms with van der Waals surface area (Å²) in [6.07, 6.45) is -1.58. The van der Waals surface area contributed by atoms with Crippen molar-refractivity contribution in [2.24, 2.45) is 0 Å². The normalized spacial score (nSPS) is 11.7. The first-order valence-corrected chi connectivity index (χ1v) is 7.62. The molecule has 1 aromatic carbocycles. The molecular formula is C18H11F3N4O. The Bertz CT molecular complexity index is 1040. The molecule has 130 valence electrons. The van der Waals surface area contributed by atoms with Crippen LogP contribution < -0.4 is 4.74 Å². The summed E-state index contributed by atoms with van der Waals surface area (Å²) < 4.78 is 45.5. The fourth-order valence-electron chi connectivity index (χ4n) is 2.50. The molecule has 3 aromatic heterocycles. The van der Waals surface area contributed by atoms with Crippen molar-refractivity contribution in [2.75, 3.05) is 0 Å². The lowest BCUT2D eigenvalue weighted by Crippen LogP contribution is -2.10. The summed E-state index contributed by atoms with van der Waals surface area (Å²) in [5, 5.41) is 6.77. The lowest BCUT2D eigenvalue weighted by molar-refractivity contribution is -0.145. The molecule has 4 aromatic rings. The summed E-state index contributed by atoms with van der Waals surface area (Å²) in [7, 11) is 0. The van der Waals surface area contributed by atoms with Crippen molar-refractivity contribution < 1.29 is 17.9 Å². The highest BCUT2D eigenvalue weighted by atomic mass is 19.4. The Morgan fingerprint density at radius 1 is 0.846 bits per heavy atom. The highest BCUT2D eigenvalue weighted by Crippen LogP contribution is 2.30. The molecule has 4 rings (SSSR count). The standard InChI is InChI=1S/C18H11F3N4O/c19-18(20,21)17-24-23-15-9-6-13(11-25(15)17)12-4-7-14(8-5-12)26-16-3-1-2-10-22-16/h1-11H. The molecule has 0 saturated heterocycles. The molecule has 0 saturated carbocycles. The Labute approximate surface area is 145 Å². The molecule has 26 heavy (non-hydrogen) atoms. The average molecular weight is 356 g/mol. The van der Waals surface area contributed by atoms with E-state index in [4.69, 9.17) is 4.74 Å². The summed E-state index contributed by atoms with van der Waals surface area (Å²) >= 11 is 0. The van der Waals surface area contributed by atoms with Crippen LogP contribution in [0.5, 0.6) is 11.6 Å². The Kier molecular flexibility index (Phi) is 3.80. The van der Waals surface area contributed by atoms with Gasteiger partial charge in [-0.15, -0.1) is 10.2 Å². The van der Waals surface area contributed by atoms with E-state index in [1.54, 1.807) is 48.7 Å². The van der Waals surface area contributed by atoms with Gasteiger partial charge in [0.25, 0.3) is 0 Å². The first-order chi connectivity index (χ1) is 12.5. The second-order valence-electron chi connectivity index (χ2n) is 5.46. The van der Waals surface area contributed by atoms with Gasteiger partial charge in [0.2, 0.25) is 11.7 Å². The predicted molar refractivity (Wildman–Crippen MR) is 87.7 cm³/mol. The van der Waals surface area contributed by atoms with Crippen LogP contribution in [0.3, 0.4) is 0 Å². The van der Waals surface area contributed by atoms with Crippen LogP contribution in [0.4, 0.5) is 13.2 Å². The van der Waals surface area contributed by atoms with Gasteiger partial charge in [-0.1, -0.05) is 18.2 Å². The van der Waals surface area contributed by atoms with Crippen LogP contribution in [-0.4, -0.2) is 19.6 Å². The molecule has 0 spiro atoms. The van der Waals surface area contributed by atoms with E-state index < -0.39 is 12.0 Å². The van der Waals surface area contributed by atoms with Gasteiger partial charge in [0.05, 0.1) is 0 Å². The van der Waals surface area contributed by atoms with E-state index in [1.807, 2.05) is 6.07 Å². The molecule has 0 bridgehead atoms. The summed E-state index contributed by atoms with van der Waals surface area (Å²) in [5.74, 6) is -0.0146. The topological polar surface area (TPSA) is 52.3 Å². The summed E-state index contributed by atoms with van der Waals surface area (Å²) in [6.45, 7) is 0. The van der Waals surface area contributed by atoms with Gasteiger partial charge in [-0.3, -0.25) is 4.40 Å². The van der Waals surface area contributed by atoms with E-state index in [1.165, 1.54) is 12.3 Å². The first-order valence-electron chi connectivity index (χ1n) is 7.62. The second-order valence-corrected chi connectivity index (χ2v) is 5.46. The van der Waals surface area contributed by atoms with E-state index in [2.05, 4.69) is 15.2 Å². The van der Waals surface area contributed by atoms with Crippen LogP contribution in [0.15, 0.2) is 67.0 Å².